The Morgan fingerprint density at radius 1 is 1.09 bits per heavy atom. The highest BCUT2D eigenvalue weighted by Gasteiger charge is 2.46. The molecular formula is C24H27N3O5. The molecule has 8 heteroatoms. The number of amides is 4. The normalized spacial score (nSPS) is 16.0. The number of hydrogen-bond acceptors (Lipinski definition) is 5. The molecule has 2 aromatic carbocycles. The fourth-order valence-electron chi connectivity index (χ4n) is 3.63. The molecule has 0 aliphatic carbocycles. The number of nitrogens with zero attached hydrogens (tertiary/aromatic N) is 2. The molecule has 3 rings (SSSR count). The third-order valence-corrected chi connectivity index (χ3v) is 5.11. The van der Waals surface area contributed by atoms with Gasteiger partial charge in [0.15, 0.2) is 0 Å². The predicted octanol–water partition coefficient (Wildman–Crippen LogP) is 3.60. The summed E-state index contributed by atoms with van der Waals surface area (Å²) in [4.78, 5) is 53.2. The summed E-state index contributed by atoms with van der Waals surface area (Å²) in [5.74, 6) is -1.17. The number of carbonyl (C=O) groups is 4. The fourth-order valence-corrected chi connectivity index (χ4v) is 3.63. The number of esters is 1. The molecule has 0 unspecified atom stereocenters. The summed E-state index contributed by atoms with van der Waals surface area (Å²) in [7, 11) is 1.29. The van der Waals surface area contributed by atoms with Crippen LogP contribution in [-0.2, 0) is 14.3 Å². The van der Waals surface area contributed by atoms with E-state index in [9.17, 15) is 19.2 Å². The maximum Gasteiger partial charge on any atom is 0.337 e. The smallest absolute Gasteiger partial charge is 0.337 e. The molecule has 1 fully saturated rings. The Morgan fingerprint density at radius 3 is 2.38 bits per heavy atom. The van der Waals surface area contributed by atoms with Crippen molar-refractivity contribution in [3.8, 4) is 0 Å². The molecule has 32 heavy (non-hydrogen) atoms. The van der Waals surface area contributed by atoms with Crippen molar-refractivity contribution in [1.29, 1.82) is 0 Å². The van der Waals surface area contributed by atoms with Gasteiger partial charge in [0.25, 0.3) is 5.91 Å². The summed E-state index contributed by atoms with van der Waals surface area (Å²) in [6.45, 7) is 6.15. The first-order valence-electron chi connectivity index (χ1n) is 10.4. The van der Waals surface area contributed by atoms with Gasteiger partial charge in [-0.2, -0.15) is 0 Å². The van der Waals surface area contributed by atoms with Crippen molar-refractivity contribution in [2.75, 3.05) is 23.9 Å². The van der Waals surface area contributed by atoms with Crippen LogP contribution in [0.4, 0.5) is 16.2 Å². The summed E-state index contributed by atoms with van der Waals surface area (Å²) in [5.41, 5.74) is 2.26. The van der Waals surface area contributed by atoms with Crippen LogP contribution in [0.2, 0.25) is 0 Å². The van der Waals surface area contributed by atoms with Gasteiger partial charge in [-0.3, -0.25) is 9.59 Å². The molecule has 2 aromatic rings. The van der Waals surface area contributed by atoms with Gasteiger partial charge in [-0.1, -0.05) is 26.0 Å². The molecule has 1 N–H and O–H groups in total. The van der Waals surface area contributed by atoms with Crippen LogP contribution >= 0.6 is 0 Å². The number of methoxy groups -OCH3 is 1. The topological polar surface area (TPSA) is 96.0 Å². The zero-order valence-corrected chi connectivity index (χ0v) is 18.6. The second-order valence-electron chi connectivity index (χ2n) is 8.18. The number of nitrogens with one attached hydrogen (secondary N) is 1. The van der Waals surface area contributed by atoms with Crippen molar-refractivity contribution in [3.63, 3.8) is 0 Å². The third kappa shape index (κ3) is 4.96. The highest BCUT2D eigenvalue weighted by Crippen LogP contribution is 2.28. The Balaban J connectivity index is 1.78. The van der Waals surface area contributed by atoms with Gasteiger partial charge in [0.2, 0.25) is 5.91 Å². The maximum absolute atomic E-state index is 13.2. The van der Waals surface area contributed by atoms with Crippen LogP contribution in [0.1, 0.15) is 36.2 Å². The van der Waals surface area contributed by atoms with E-state index in [2.05, 4.69) is 10.1 Å². The first-order chi connectivity index (χ1) is 15.2. The number of carbonyl (C=O) groups excluding carboxylic acids is 4. The maximum atomic E-state index is 13.2. The number of anilines is 2. The van der Waals surface area contributed by atoms with Crippen LogP contribution in [-0.4, -0.2) is 48.4 Å². The zero-order chi connectivity index (χ0) is 23.4. The van der Waals surface area contributed by atoms with Gasteiger partial charge in [-0.25, -0.2) is 14.5 Å². The van der Waals surface area contributed by atoms with Crippen molar-refractivity contribution >= 4 is 35.2 Å². The first kappa shape index (κ1) is 23.0. The number of ether oxygens (including phenoxy) is 1. The van der Waals surface area contributed by atoms with Crippen molar-refractivity contribution in [2.24, 2.45) is 5.92 Å². The minimum absolute atomic E-state index is 0.126. The number of urea groups is 1. The van der Waals surface area contributed by atoms with Crippen LogP contribution in [0.3, 0.4) is 0 Å². The van der Waals surface area contributed by atoms with Crippen molar-refractivity contribution < 1.29 is 23.9 Å². The molecule has 0 spiro atoms. The van der Waals surface area contributed by atoms with E-state index in [1.165, 1.54) is 24.1 Å². The van der Waals surface area contributed by atoms with Gasteiger partial charge in [-0.05, 0) is 54.8 Å². The monoisotopic (exact) mass is 437 g/mol. The first-order valence-corrected chi connectivity index (χ1v) is 10.4. The minimum Gasteiger partial charge on any atom is -0.465 e. The van der Waals surface area contributed by atoms with Crippen molar-refractivity contribution in [2.45, 2.75) is 33.2 Å². The van der Waals surface area contributed by atoms with Gasteiger partial charge in [-0.15, -0.1) is 0 Å². The molecule has 1 aliphatic rings. The number of rotatable bonds is 7. The zero-order valence-electron chi connectivity index (χ0n) is 18.6. The molecule has 0 radical (unpaired) electrons. The van der Waals surface area contributed by atoms with E-state index in [0.29, 0.717) is 23.5 Å². The molecule has 1 aliphatic heterocycles. The highest BCUT2D eigenvalue weighted by molar-refractivity contribution is 6.22. The van der Waals surface area contributed by atoms with Crippen LogP contribution in [0.5, 0.6) is 0 Å². The van der Waals surface area contributed by atoms with Crippen LogP contribution in [0, 0.1) is 12.8 Å². The van der Waals surface area contributed by atoms with Crippen LogP contribution in [0.15, 0.2) is 48.5 Å². The van der Waals surface area contributed by atoms with Crippen molar-refractivity contribution in [3.05, 3.63) is 59.7 Å². The molecule has 0 aromatic heterocycles. The summed E-state index contributed by atoms with van der Waals surface area (Å²) in [6.07, 6.45) is -0.168. The number of imide groups is 1. The summed E-state index contributed by atoms with van der Waals surface area (Å²) >= 11 is 0. The lowest BCUT2D eigenvalue weighted by Gasteiger charge is -2.23. The lowest BCUT2D eigenvalue weighted by Crippen LogP contribution is -2.40. The molecule has 1 heterocycles. The fraction of sp³-hybridized carbons (Fsp3) is 0.333. The van der Waals surface area contributed by atoms with Crippen LogP contribution in [0.25, 0.3) is 0 Å². The van der Waals surface area contributed by atoms with E-state index in [-0.39, 0.29) is 12.3 Å². The van der Waals surface area contributed by atoms with Gasteiger partial charge < -0.3 is 15.0 Å². The van der Waals surface area contributed by atoms with E-state index < -0.39 is 29.9 Å². The molecule has 0 saturated carbocycles. The minimum atomic E-state index is -0.889. The third-order valence-electron chi connectivity index (χ3n) is 5.11. The van der Waals surface area contributed by atoms with Gasteiger partial charge >= 0.3 is 12.0 Å². The van der Waals surface area contributed by atoms with E-state index in [1.807, 2.05) is 26.8 Å². The standard InChI is InChI=1S/C24H27N3O5/c1-15(2)14-26-20(22(29)27(24(26)31)19-7-5-6-16(3)12-19)13-21(28)25-18-10-8-17(9-11-18)23(30)32-4/h5-12,15,20H,13-14H2,1-4H3,(H,25,28)/t20-/m0/s1. The lowest BCUT2D eigenvalue weighted by molar-refractivity contribution is -0.124. The van der Waals surface area contributed by atoms with E-state index in [1.54, 1.807) is 30.3 Å². The molecule has 168 valence electrons. The predicted molar refractivity (Wildman–Crippen MR) is 120 cm³/mol. The van der Waals surface area contributed by atoms with E-state index >= 15 is 0 Å². The average Bonchev–Trinajstić information content (AvgIpc) is 2.97. The molecule has 4 amide bonds. The van der Waals surface area contributed by atoms with Gasteiger partial charge in [0, 0.05) is 12.2 Å². The Morgan fingerprint density at radius 2 is 1.78 bits per heavy atom. The van der Waals surface area contributed by atoms with Gasteiger partial charge in [0.1, 0.15) is 6.04 Å². The quantitative estimate of drug-likeness (QED) is 0.527. The molecule has 8 nitrogen and oxygen atoms in total. The van der Waals surface area contributed by atoms with Crippen molar-refractivity contribution in [1.82, 2.24) is 4.90 Å². The Labute approximate surface area is 187 Å². The Kier molecular flexibility index (Phi) is 6.92. The number of aryl methyl sites for hydroxylation is 1. The molecule has 1 saturated heterocycles. The molecule has 1 atom stereocenters. The second kappa shape index (κ2) is 9.64. The molecule has 0 bridgehead atoms. The second-order valence-corrected chi connectivity index (χ2v) is 8.18. The Hall–Kier alpha value is -3.68. The lowest BCUT2D eigenvalue weighted by atomic mass is 10.1. The number of hydrogen-bond donors (Lipinski definition) is 1. The highest BCUT2D eigenvalue weighted by atomic mass is 16.5. The van der Waals surface area contributed by atoms with E-state index in [0.717, 1.165) is 10.5 Å². The number of benzene rings is 2. The summed E-state index contributed by atoms with van der Waals surface area (Å²) in [5, 5.41) is 2.73. The molecular weight excluding hydrogens is 410 g/mol. The average molecular weight is 437 g/mol. The van der Waals surface area contributed by atoms with E-state index in [4.69, 9.17) is 0 Å². The largest absolute Gasteiger partial charge is 0.465 e. The summed E-state index contributed by atoms with van der Waals surface area (Å²) < 4.78 is 4.66. The SMILES string of the molecule is COC(=O)c1ccc(NC(=O)C[C@H]2C(=O)N(c3cccc(C)c3)C(=O)N2CC(C)C)cc1. The summed E-state index contributed by atoms with van der Waals surface area (Å²) in [6, 6.07) is 12.1. The van der Waals surface area contributed by atoms with Crippen LogP contribution < -0.4 is 10.2 Å². The van der Waals surface area contributed by atoms with Gasteiger partial charge in [0.05, 0.1) is 24.8 Å². The Bertz CT molecular complexity index is 1030.